The number of ether oxygens (including phenoxy) is 1. The van der Waals surface area contributed by atoms with Crippen LogP contribution in [-0.2, 0) is 11.3 Å². The van der Waals surface area contributed by atoms with Crippen LogP contribution in [0.15, 0.2) is 24.4 Å². The lowest BCUT2D eigenvalue weighted by Crippen LogP contribution is -2.48. The van der Waals surface area contributed by atoms with Gasteiger partial charge >= 0.3 is 0 Å². The Hall–Kier alpha value is -2.84. The van der Waals surface area contributed by atoms with Gasteiger partial charge in [-0.15, -0.1) is 0 Å². The summed E-state index contributed by atoms with van der Waals surface area (Å²) in [5.41, 5.74) is 3.64. The molecule has 0 bridgehead atoms. The molecule has 2 saturated heterocycles. The number of likely N-dealkylation sites (tertiary alicyclic amines) is 1. The molecule has 37 heavy (non-hydrogen) atoms. The summed E-state index contributed by atoms with van der Waals surface area (Å²) in [5, 5.41) is 10.9. The molecule has 0 atom stereocenters. The topological polar surface area (TPSA) is 97.6 Å². The second kappa shape index (κ2) is 12.6. The number of carbonyl (C=O) groups excluding carboxylic acids is 1. The van der Waals surface area contributed by atoms with Crippen LogP contribution < -0.4 is 10.4 Å². The van der Waals surface area contributed by atoms with Crippen molar-refractivity contribution in [1.29, 1.82) is 5.26 Å². The van der Waals surface area contributed by atoms with Crippen LogP contribution in [0.4, 0.5) is 10.2 Å². The van der Waals surface area contributed by atoms with Gasteiger partial charge in [-0.3, -0.25) is 25.0 Å². The number of aromatic nitrogens is 2. The van der Waals surface area contributed by atoms with E-state index in [2.05, 4.69) is 25.2 Å². The molecule has 2 aliphatic rings. The molecule has 3 heterocycles. The molecule has 1 N–H and O–H groups in total. The van der Waals surface area contributed by atoms with Gasteiger partial charge in [0, 0.05) is 43.3 Å². The molecule has 4 rings (SSSR count). The van der Waals surface area contributed by atoms with E-state index in [1.165, 1.54) is 23.3 Å². The number of halogens is 2. The van der Waals surface area contributed by atoms with Crippen molar-refractivity contribution >= 4 is 23.3 Å². The fourth-order valence-corrected chi connectivity index (χ4v) is 4.99. The van der Waals surface area contributed by atoms with Crippen molar-refractivity contribution in [2.45, 2.75) is 39.3 Å². The van der Waals surface area contributed by atoms with E-state index in [4.69, 9.17) is 16.3 Å². The fourth-order valence-electron chi connectivity index (χ4n) is 4.80. The third-order valence-corrected chi connectivity index (χ3v) is 6.95. The highest BCUT2D eigenvalue weighted by Gasteiger charge is 2.26. The highest BCUT2D eigenvalue weighted by Crippen LogP contribution is 2.24. The van der Waals surface area contributed by atoms with E-state index in [1.807, 2.05) is 19.9 Å². The number of nitriles is 1. The van der Waals surface area contributed by atoms with Crippen LogP contribution in [0, 0.1) is 23.1 Å². The van der Waals surface area contributed by atoms with Crippen molar-refractivity contribution in [3.05, 3.63) is 52.2 Å². The van der Waals surface area contributed by atoms with Gasteiger partial charge in [0.05, 0.1) is 19.4 Å². The summed E-state index contributed by atoms with van der Waals surface area (Å²) < 4.78 is 20.2. The first-order valence-corrected chi connectivity index (χ1v) is 13.1. The number of amides is 1. The van der Waals surface area contributed by atoms with Crippen molar-refractivity contribution in [3.63, 3.8) is 0 Å². The van der Waals surface area contributed by atoms with Gasteiger partial charge in [-0.1, -0.05) is 25.4 Å². The van der Waals surface area contributed by atoms with E-state index in [0.717, 1.165) is 52.2 Å². The lowest BCUT2D eigenvalue weighted by molar-refractivity contribution is 0.000152. The maximum atomic E-state index is 14.7. The lowest BCUT2D eigenvalue weighted by atomic mass is 10.0. The largest absolute Gasteiger partial charge is 0.379 e. The van der Waals surface area contributed by atoms with Crippen molar-refractivity contribution in [1.82, 2.24) is 25.2 Å². The molecule has 0 saturated carbocycles. The number of morpholine rings is 1. The SMILES string of the molecule is CC(C)CN(NC(=O)c1ccc(F)c(CN2CCC(N3CCOCC3)CC2)c1)c1nc(C#N)ncc1Cl. The Balaban J connectivity index is 1.43. The summed E-state index contributed by atoms with van der Waals surface area (Å²) in [7, 11) is 0. The van der Waals surface area contributed by atoms with E-state index < -0.39 is 5.91 Å². The minimum atomic E-state index is -0.416. The molecule has 11 heteroatoms. The molecule has 198 valence electrons. The average Bonchev–Trinajstić information content (AvgIpc) is 2.90. The lowest BCUT2D eigenvalue weighted by Gasteiger charge is -2.40. The smallest absolute Gasteiger partial charge is 0.269 e. The Morgan fingerprint density at radius 2 is 2.03 bits per heavy atom. The van der Waals surface area contributed by atoms with Gasteiger partial charge < -0.3 is 4.74 Å². The van der Waals surface area contributed by atoms with Crippen molar-refractivity contribution in [2.24, 2.45) is 5.92 Å². The fraction of sp³-hybridized carbons (Fsp3) is 0.538. The molecule has 2 aliphatic heterocycles. The maximum absolute atomic E-state index is 14.7. The van der Waals surface area contributed by atoms with Crippen LogP contribution in [-0.4, -0.2) is 77.7 Å². The number of rotatable bonds is 8. The highest BCUT2D eigenvalue weighted by atomic mass is 35.5. The number of benzene rings is 1. The minimum Gasteiger partial charge on any atom is -0.379 e. The average molecular weight is 530 g/mol. The Kier molecular flexibility index (Phi) is 9.27. The molecular weight excluding hydrogens is 497 g/mol. The monoisotopic (exact) mass is 529 g/mol. The van der Waals surface area contributed by atoms with Gasteiger partial charge in [0.2, 0.25) is 5.82 Å². The first-order valence-electron chi connectivity index (χ1n) is 12.7. The summed E-state index contributed by atoms with van der Waals surface area (Å²) in [6.45, 7) is 10.1. The van der Waals surface area contributed by atoms with E-state index in [-0.39, 0.29) is 28.4 Å². The summed E-state index contributed by atoms with van der Waals surface area (Å²) in [6, 6.07) is 6.84. The van der Waals surface area contributed by atoms with Gasteiger partial charge in [-0.05, 0) is 50.0 Å². The molecule has 1 aromatic carbocycles. The number of hydrogen-bond acceptors (Lipinski definition) is 8. The molecule has 9 nitrogen and oxygen atoms in total. The molecule has 2 aromatic rings. The predicted molar refractivity (Wildman–Crippen MR) is 138 cm³/mol. The molecule has 0 radical (unpaired) electrons. The summed E-state index contributed by atoms with van der Waals surface area (Å²) in [5.74, 6) is -0.407. The van der Waals surface area contributed by atoms with Crippen LogP contribution in [0.2, 0.25) is 5.02 Å². The van der Waals surface area contributed by atoms with Crippen LogP contribution >= 0.6 is 11.6 Å². The highest BCUT2D eigenvalue weighted by molar-refractivity contribution is 6.32. The third-order valence-electron chi connectivity index (χ3n) is 6.69. The minimum absolute atomic E-state index is 0.0520. The van der Waals surface area contributed by atoms with Gasteiger partial charge in [0.25, 0.3) is 5.91 Å². The molecule has 0 aliphatic carbocycles. The Labute approximate surface area is 222 Å². The van der Waals surface area contributed by atoms with Gasteiger partial charge in [-0.2, -0.15) is 10.2 Å². The maximum Gasteiger partial charge on any atom is 0.269 e. The quantitative estimate of drug-likeness (QED) is 0.520. The standard InChI is InChI=1S/C26H33ClFN7O2/c1-18(2)16-35(25-22(27)15-30-24(14-29)31-25)32-26(36)19-3-4-23(28)20(13-19)17-33-7-5-21(6-8-33)34-9-11-37-12-10-34/h3-4,13,15,18,21H,5-12,16-17H2,1-2H3,(H,32,36). The zero-order valence-corrected chi connectivity index (χ0v) is 22.0. The van der Waals surface area contributed by atoms with Gasteiger partial charge in [0.1, 0.15) is 16.9 Å². The van der Waals surface area contributed by atoms with Crippen molar-refractivity contribution in [2.75, 3.05) is 50.9 Å². The van der Waals surface area contributed by atoms with E-state index in [1.54, 1.807) is 6.07 Å². The third kappa shape index (κ3) is 7.14. The molecule has 1 aromatic heterocycles. The zero-order chi connectivity index (χ0) is 26.4. The second-order valence-corrected chi connectivity index (χ2v) is 10.3. The Morgan fingerprint density at radius 3 is 2.70 bits per heavy atom. The van der Waals surface area contributed by atoms with E-state index in [9.17, 15) is 14.4 Å². The summed E-state index contributed by atoms with van der Waals surface area (Å²) in [4.78, 5) is 26.0. The number of nitrogens with one attached hydrogen (secondary N) is 1. The summed E-state index contributed by atoms with van der Waals surface area (Å²) >= 11 is 6.28. The van der Waals surface area contributed by atoms with Crippen LogP contribution in [0.1, 0.15) is 48.4 Å². The van der Waals surface area contributed by atoms with Crippen LogP contribution in [0.3, 0.4) is 0 Å². The first-order chi connectivity index (χ1) is 17.8. The molecule has 2 fully saturated rings. The van der Waals surface area contributed by atoms with Crippen molar-refractivity contribution < 1.29 is 13.9 Å². The zero-order valence-electron chi connectivity index (χ0n) is 21.3. The van der Waals surface area contributed by atoms with Crippen LogP contribution in [0.5, 0.6) is 0 Å². The number of carbonyl (C=O) groups is 1. The van der Waals surface area contributed by atoms with Crippen LogP contribution in [0.25, 0.3) is 0 Å². The second-order valence-electron chi connectivity index (χ2n) is 9.88. The molecule has 0 unspecified atom stereocenters. The van der Waals surface area contributed by atoms with E-state index in [0.29, 0.717) is 30.3 Å². The number of nitrogens with zero attached hydrogens (tertiary/aromatic N) is 6. The Bertz CT molecular complexity index is 1130. The normalized spacial score (nSPS) is 17.5. The van der Waals surface area contributed by atoms with Gasteiger partial charge in [-0.25, -0.2) is 9.37 Å². The molecule has 1 amide bonds. The van der Waals surface area contributed by atoms with Crippen molar-refractivity contribution in [3.8, 4) is 6.07 Å². The Morgan fingerprint density at radius 1 is 1.30 bits per heavy atom. The number of hydrazine groups is 1. The first kappa shape index (κ1) is 27.2. The van der Waals surface area contributed by atoms with E-state index >= 15 is 0 Å². The van der Waals surface area contributed by atoms with Gasteiger partial charge in [0.15, 0.2) is 5.82 Å². The predicted octanol–water partition coefficient (Wildman–Crippen LogP) is 3.24. The molecule has 0 spiro atoms. The number of piperidine rings is 1. The summed E-state index contributed by atoms with van der Waals surface area (Å²) in [6.07, 6.45) is 3.41. The number of anilines is 1. The number of hydrogen-bond donors (Lipinski definition) is 1. The molecular formula is C26H33ClFN7O2.